The van der Waals surface area contributed by atoms with Gasteiger partial charge in [0.05, 0.1) is 17.7 Å². The molecule has 0 saturated carbocycles. The van der Waals surface area contributed by atoms with Crippen molar-refractivity contribution in [3.8, 4) is 0 Å². The molecule has 0 unspecified atom stereocenters. The van der Waals surface area contributed by atoms with Crippen LogP contribution >= 0.6 is 24.0 Å². The molecule has 0 fully saturated rings. The van der Waals surface area contributed by atoms with Crippen molar-refractivity contribution < 1.29 is 14.3 Å². The number of carbonyl (C=O) groups excluding carboxylic acids is 2. The third-order valence-electron chi connectivity index (χ3n) is 2.26. The number of nitrogens with one attached hydrogen (secondary N) is 2. The van der Waals surface area contributed by atoms with Gasteiger partial charge in [0, 0.05) is 18.7 Å². The molecule has 0 radical (unpaired) electrons. The summed E-state index contributed by atoms with van der Waals surface area (Å²) in [5, 5.41) is 5.81. The Morgan fingerprint density at radius 2 is 2.05 bits per heavy atom. The van der Waals surface area contributed by atoms with Crippen molar-refractivity contribution in [2.24, 2.45) is 0 Å². The van der Waals surface area contributed by atoms with Gasteiger partial charge in [0.15, 0.2) is 0 Å². The average Bonchev–Trinajstić information content (AvgIpc) is 2.35. The number of hydrogen-bond donors (Lipinski definition) is 2. The fourth-order valence-corrected chi connectivity index (χ4v) is 1.59. The van der Waals surface area contributed by atoms with Gasteiger partial charge in [-0.3, -0.25) is 4.79 Å². The van der Waals surface area contributed by atoms with Crippen LogP contribution < -0.4 is 10.6 Å². The van der Waals surface area contributed by atoms with Crippen molar-refractivity contribution in [1.82, 2.24) is 5.32 Å². The van der Waals surface area contributed by atoms with Crippen LogP contribution in [-0.2, 0) is 9.53 Å². The van der Waals surface area contributed by atoms with Crippen LogP contribution in [0.1, 0.15) is 16.8 Å². The molecule has 1 aromatic carbocycles. The van der Waals surface area contributed by atoms with Gasteiger partial charge in [0.2, 0.25) is 5.91 Å². The Morgan fingerprint density at radius 1 is 1.37 bits per heavy atom. The third kappa shape index (κ3) is 5.46. The number of carbonyl (C=O) groups is 2. The molecule has 1 rings (SSSR count). The number of amides is 1. The Morgan fingerprint density at radius 3 is 2.58 bits per heavy atom. The Hall–Kier alpha value is -1.30. The number of halogens is 2. The van der Waals surface area contributed by atoms with Gasteiger partial charge in [0.1, 0.15) is 0 Å². The number of ether oxygens (including phenoxy) is 1. The molecule has 1 amide bonds. The fourth-order valence-electron chi connectivity index (χ4n) is 1.33. The van der Waals surface area contributed by atoms with Gasteiger partial charge in [0.25, 0.3) is 0 Å². The normalized spacial score (nSPS) is 9.42. The molecule has 2 N–H and O–H groups in total. The number of anilines is 1. The molecule has 1 aromatic rings. The summed E-state index contributed by atoms with van der Waals surface area (Å²) in [5.74, 6) is -0.626. The smallest absolute Gasteiger partial charge is 0.339 e. The minimum Gasteiger partial charge on any atom is -0.465 e. The first-order valence-electron chi connectivity index (χ1n) is 5.40. The summed E-state index contributed by atoms with van der Waals surface area (Å²) in [6.07, 6.45) is 0.368. The van der Waals surface area contributed by atoms with E-state index >= 15 is 0 Å². The fraction of sp³-hybridized carbons (Fsp3) is 0.333. The van der Waals surface area contributed by atoms with Crippen LogP contribution in [0.4, 0.5) is 5.69 Å². The van der Waals surface area contributed by atoms with E-state index in [1.54, 1.807) is 13.1 Å². The summed E-state index contributed by atoms with van der Waals surface area (Å²) >= 11 is 5.93. The van der Waals surface area contributed by atoms with E-state index in [2.05, 4.69) is 15.4 Å². The molecule has 0 spiro atoms. The summed E-state index contributed by atoms with van der Waals surface area (Å²) in [4.78, 5) is 22.8. The highest BCUT2D eigenvalue weighted by Crippen LogP contribution is 2.21. The predicted octanol–water partition coefficient (Wildman–Crippen LogP) is 2.10. The van der Waals surface area contributed by atoms with Crippen molar-refractivity contribution in [2.75, 3.05) is 26.0 Å². The van der Waals surface area contributed by atoms with E-state index in [9.17, 15) is 9.59 Å². The molecule has 0 aromatic heterocycles. The van der Waals surface area contributed by atoms with Crippen LogP contribution in [-0.4, -0.2) is 32.6 Å². The van der Waals surface area contributed by atoms with Gasteiger partial charge in [-0.25, -0.2) is 4.79 Å². The van der Waals surface area contributed by atoms with E-state index < -0.39 is 5.97 Å². The molecule has 19 heavy (non-hydrogen) atoms. The van der Waals surface area contributed by atoms with E-state index in [1.807, 2.05) is 0 Å². The first-order chi connectivity index (χ1) is 8.58. The molecular weight excluding hydrogens is 291 g/mol. The average molecular weight is 307 g/mol. The minimum atomic E-state index is -0.506. The van der Waals surface area contributed by atoms with Crippen molar-refractivity contribution in [2.45, 2.75) is 6.42 Å². The van der Waals surface area contributed by atoms with Crippen LogP contribution in [0, 0.1) is 0 Å². The molecule has 0 aliphatic rings. The summed E-state index contributed by atoms with van der Waals surface area (Å²) in [6.45, 7) is 0.597. The van der Waals surface area contributed by atoms with Crippen LogP contribution in [0.25, 0.3) is 0 Å². The monoisotopic (exact) mass is 306 g/mol. The summed E-state index contributed by atoms with van der Waals surface area (Å²) < 4.78 is 4.57. The largest absolute Gasteiger partial charge is 0.465 e. The molecule has 106 valence electrons. The van der Waals surface area contributed by atoms with Gasteiger partial charge in [-0.2, -0.15) is 0 Å². The number of rotatable bonds is 5. The molecule has 0 atom stereocenters. The lowest BCUT2D eigenvalue weighted by molar-refractivity contribution is -0.116. The minimum absolute atomic E-state index is 0. The van der Waals surface area contributed by atoms with Gasteiger partial charge < -0.3 is 15.4 Å². The number of hydrogen-bond acceptors (Lipinski definition) is 4. The summed E-state index contributed by atoms with van der Waals surface area (Å²) in [5.41, 5.74) is 0.821. The van der Waals surface area contributed by atoms with E-state index in [1.165, 1.54) is 19.2 Å². The first-order valence-corrected chi connectivity index (χ1v) is 5.78. The lowest BCUT2D eigenvalue weighted by Crippen LogP contribution is -2.18. The van der Waals surface area contributed by atoms with Crippen LogP contribution in [0.3, 0.4) is 0 Å². The lowest BCUT2D eigenvalue weighted by Gasteiger charge is -2.07. The second-order valence-electron chi connectivity index (χ2n) is 3.59. The van der Waals surface area contributed by atoms with Crippen LogP contribution in [0.5, 0.6) is 0 Å². The Bertz CT molecular complexity index is 453. The zero-order valence-corrected chi connectivity index (χ0v) is 12.2. The summed E-state index contributed by atoms with van der Waals surface area (Å²) in [7, 11) is 3.06. The zero-order chi connectivity index (χ0) is 13.5. The molecule has 0 heterocycles. The molecule has 0 saturated heterocycles. The third-order valence-corrected chi connectivity index (χ3v) is 2.57. The maximum atomic E-state index is 11.5. The second-order valence-corrected chi connectivity index (χ2v) is 4.00. The van der Waals surface area contributed by atoms with Crippen molar-refractivity contribution in [3.63, 3.8) is 0 Å². The van der Waals surface area contributed by atoms with Gasteiger partial charge in [-0.15, -0.1) is 12.4 Å². The predicted molar refractivity (Wildman–Crippen MR) is 77.2 cm³/mol. The molecular formula is C12H16Cl2N2O3. The zero-order valence-electron chi connectivity index (χ0n) is 10.7. The maximum absolute atomic E-state index is 11.5. The quantitative estimate of drug-likeness (QED) is 0.818. The molecule has 7 heteroatoms. The molecule has 0 aliphatic carbocycles. The first kappa shape index (κ1) is 17.7. The standard InChI is InChI=1S/C12H15ClN2O3.ClH/c1-14-6-5-11(16)15-8-3-4-9(10(13)7-8)12(17)18-2;/h3-4,7,14H,5-6H2,1-2H3,(H,15,16);1H. The van der Waals surface area contributed by atoms with Crippen molar-refractivity contribution in [1.29, 1.82) is 0 Å². The number of esters is 1. The second kappa shape index (κ2) is 8.74. The Balaban J connectivity index is 0.00000324. The van der Waals surface area contributed by atoms with E-state index in [-0.39, 0.29) is 28.9 Å². The number of methoxy groups -OCH3 is 1. The van der Waals surface area contributed by atoms with Gasteiger partial charge in [-0.05, 0) is 25.2 Å². The van der Waals surface area contributed by atoms with E-state index in [0.29, 0.717) is 18.7 Å². The highest BCUT2D eigenvalue weighted by molar-refractivity contribution is 6.33. The van der Waals surface area contributed by atoms with Crippen LogP contribution in [0.15, 0.2) is 18.2 Å². The topological polar surface area (TPSA) is 67.4 Å². The van der Waals surface area contributed by atoms with Crippen LogP contribution in [0.2, 0.25) is 5.02 Å². The summed E-state index contributed by atoms with van der Waals surface area (Å²) in [6, 6.07) is 4.64. The highest BCUT2D eigenvalue weighted by Gasteiger charge is 2.11. The highest BCUT2D eigenvalue weighted by atomic mass is 35.5. The van der Waals surface area contributed by atoms with Crippen molar-refractivity contribution in [3.05, 3.63) is 28.8 Å². The Kier molecular flexibility index (Phi) is 8.14. The maximum Gasteiger partial charge on any atom is 0.339 e. The SMILES string of the molecule is CNCCC(=O)Nc1ccc(C(=O)OC)c(Cl)c1.Cl. The van der Waals surface area contributed by atoms with Gasteiger partial charge >= 0.3 is 5.97 Å². The Labute approximate surface area is 123 Å². The van der Waals surface area contributed by atoms with Gasteiger partial charge in [-0.1, -0.05) is 11.6 Å². The molecule has 0 aliphatic heterocycles. The number of benzene rings is 1. The van der Waals surface area contributed by atoms with E-state index in [0.717, 1.165) is 0 Å². The van der Waals surface area contributed by atoms with Crippen molar-refractivity contribution >= 4 is 41.6 Å². The molecule has 5 nitrogen and oxygen atoms in total. The van der Waals surface area contributed by atoms with E-state index in [4.69, 9.17) is 11.6 Å². The lowest BCUT2D eigenvalue weighted by atomic mass is 10.2. The molecule has 0 bridgehead atoms.